The van der Waals surface area contributed by atoms with Crippen LogP contribution in [0.4, 0.5) is 0 Å². The van der Waals surface area contributed by atoms with Crippen LogP contribution in [0.25, 0.3) is 0 Å². The highest BCUT2D eigenvalue weighted by atomic mass is 35.5. The highest BCUT2D eigenvalue weighted by Gasteiger charge is 2.17. The number of rotatable bonds is 5. The molecule has 1 aromatic heterocycles. The van der Waals surface area contributed by atoms with Crippen molar-refractivity contribution >= 4 is 34.8 Å². The lowest BCUT2D eigenvalue weighted by atomic mass is 10.0. The van der Waals surface area contributed by atoms with Crippen LogP contribution in [0.5, 0.6) is 0 Å². The lowest BCUT2D eigenvalue weighted by molar-refractivity contribution is 0.591. The molecule has 0 radical (unpaired) electrons. The summed E-state index contributed by atoms with van der Waals surface area (Å²) in [5.41, 5.74) is 12.1. The second kappa shape index (κ2) is 6.62. The molecule has 0 aromatic carbocycles. The number of halogens is 3. The number of aromatic nitrogens is 1. The van der Waals surface area contributed by atoms with Crippen LogP contribution in [0.3, 0.4) is 0 Å². The van der Waals surface area contributed by atoms with Crippen LogP contribution in [-0.2, 0) is 0 Å². The Labute approximate surface area is 110 Å². The largest absolute Gasteiger partial charge is 0.330 e. The number of pyridine rings is 1. The summed E-state index contributed by atoms with van der Waals surface area (Å²) in [4.78, 5) is 3.84. The highest BCUT2D eigenvalue weighted by Crippen LogP contribution is 2.34. The first kappa shape index (κ1) is 14.0. The van der Waals surface area contributed by atoms with Gasteiger partial charge in [-0.25, -0.2) is 4.98 Å². The Hall–Kier alpha value is -0.0600. The topological polar surface area (TPSA) is 64.9 Å². The van der Waals surface area contributed by atoms with Crippen LogP contribution in [0.15, 0.2) is 6.20 Å². The quantitative estimate of drug-likeness (QED) is 0.644. The van der Waals surface area contributed by atoms with Crippen molar-refractivity contribution in [3.63, 3.8) is 0 Å². The van der Waals surface area contributed by atoms with Gasteiger partial charge in [0.25, 0.3) is 0 Å². The van der Waals surface area contributed by atoms with Crippen molar-refractivity contribution in [3.8, 4) is 0 Å². The molecule has 0 saturated heterocycles. The Morgan fingerprint density at radius 2 is 1.94 bits per heavy atom. The molecular formula is C10H14Cl3N3. The minimum atomic E-state index is -0.230. The average molecular weight is 283 g/mol. The van der Waals surface area contributed by atoms with E-state index < -0.39 is 0 Å². The Balaban J connectivity index is 2.81. The van der Waals surface area contributed by atoms with Crippen molar-refractivity contribution in [1.29, 1.82) is 0 Å². The molecule has 1 heterocycles. The first-order valence-corrected chi connectivity index (χ1v) is 6.16. The molecule has 6 heteroatoms. The Kier molecular flexibility index (Phi) is 5.79. The molecule has 1 aromatic rings. The lowest BCUT2D eigenvalue weighted by Crippen LogP contribution is -2.12. The molecule has 0 fully saturated rings. The van der Waals surface area contributed by atoms with E-state index in [0.29, 0.717) is 22.2 Å². The van der Waals surface area contributed by atoms with E-state index in [0.717, 1.165) is 19.3 Å². The second-order valence-corrected chi connectivity index (χ2v) is 4.66. The molecule has 0 aliphatic carbocycles. The van der Waals surface area contributed by atoms with Gasteiger partial charge in [-0.1, -0.05) is 41.2 Å². The molecule has 0 saturated carbocycles. The van der Waals surface area contributed by atoms with Gasteiger partial charge in [-0.2, -0.15) is 0 Å². The zero-order chi connectivity index (χ0) is 12.1. The molecule has 1 atom stereocenters. The summed E-state index contributed by atoms with van der Waals surface area (Å²) in [5.74, 6) is 0. The van der Waals surface area contributed by atoms with Gasteiger partial charge in [0, 0.05) is 17.8 Å². The van der Waals surface area contributed by atoms with Crippen molar-refractivity contribution in [2.75, 3.05) is 6.54 Å². The Bertz CT molecular complexity index is 357. The van der Waals surface area contributed by atoms with E-state index in [1.807, 2.05) is 0 Å². The highest BCUT2D eigenvalue weighted by molar-refractivity contribution is 6.43. The SMILES string of the molecule is NCCCC[C@@H](N)c1c(Cl)cnc(Cl)c1Cl. The van der Waals surface area contributed by atoms with Gasteiger partial charge in [-0.05, 0) is 19.4 Å². The zero-order valence-electron chi connectivity index (χ0n) is 8.72. The summed E-state index contributed by atoms with van der Waals surface area (Å²) < 4.78 is 0. The van der Waals surface area contributed by atoms with Gasteiger partial charge in [-0.15, -0.1) is 0 Å². The van der Waals surface area contributed by atoms with Gasteiger partial charge in [0.2, 0.25) is 0 Å². The zero-order valence-corrected chi connectivity index (χ0v) is 11.0. The van der Waals surface area contributed by atoms with Gasteiger partial charge in [-0.3, -0.25) is 0 Å². The Morgan fingerprint density at radius 3 is 2.56 bits per heavy atom. The summed E-state index contributed by atoms with van der Waals surface area (Å²) in [6, 6.07) is -0.230. The lowest BCUT2D eigenvalue weighted by Gasteiger charge is -2.15. The van der Waals surface area contributed by atoms with Gasteiger partial charge in [0.15, 0.2) is 0 Å². The predicted octanol–water partition coefficient (Wildman–Crippen LogP) is 3.17. The van der Waals surface area contributed by atoms with Gasteiger partial charge in [0.1, 0.15) is 5.15 Å². The third-order valence-electron chi connectivity index (χ3n) is 2.31. The first-order chi connectivity index (χ1) is 7.57. The minimum Gasteiger partial charge on any atom is -0.330 e. The summed E-state index contributed by atoms with van der Waals surface area (Å²) in [7, 11) is 0. The average Bonchev–Trinajstić information content (AvgIpc) is 2.24. The van der Waals surface area contributed by atoms with Crippen molar-refractivity contribution in [1.82, 2.24) is 4.98 Å². The molecule has 0 bridgehead atoms. The van der Waals surface area contributed by atoms with Gasteiger partial charge >= 0.3 is 0 Å². The molecule has 0 amide bonds. The van der Waals surface area contributed by atoms with E-state index in [1.54, 1.807) is 0 Å². The van der Waals surface area contributed by atoms with Gasteiger partial charge in [0.05, 0.1) is 10.0 Å². The van der Waals surface area contributed by atoms with E-state index in [2.05, 4.69) is 4.98 Å². The maximum atomic E-state index is 6.02. The van der Waals surface area contributed by atoms with Crippen molar-refractivity contribution in [2.24, 2.45) is 11.5 Å². The third-order valence-corrected chi connectivity index (χ3v) is 3.37. The number of nitrogens with two attached hydrogens (primary N) is 2. The molecule has 0 unspecified atom stereocenters. The molecule has 0 aliphatic heterocycles. The maximum Gasteiger partial charge on any atom is 0.148 e. The fourth-order valence-electron chi connectivity index (χ4n) is 1.45. The standard InChI is InChI=1S/C10H14Cl3N3/c11-6-5-16-10(13)9(12)8(6)7(15)3-1-2-4-14/h5,7H,1-4,14-15H2/t7-/m1/s1. The van der Waals surface area contributed by atoms with E-state index in [1.165, 1.54) is 6.20 Å². The molecule has 1 rings (SSSR count). The van der Waals surface area contributed by atoms with Crippen LogP contribution >= 0.6 is 34.8 Å². The first-order valence-electron chi connectivity index (χ1n) is 5.03. The summed E-state index contributed by atoms with van der Waals surface area (Å²) in [6.07, 6.45) is 4.11. The van der Waals surface area contributed by atoms with E-state index >= 15 is 0 Å². The van der Waals surface area contributed by atoms with Crippen LogP contribution in [0.1, 0.15) is 30.9 Å². The van der Waals surface area contributed by atoms with Crippen molar-refractivity contribution in [3.05, 3.63) is 27.0 Å². The van der Waals surface area contributed by atoms with Crippen LogP contribution in [0.2, 0.25) is 15.2 Å². The monoisotopic (exact) mass is 281 g/mol. The van der Waals surface area contributed by atoms with Crippen LogP contribution in [-0.4, -0.2) is 11.5 Å². The maximum absolute atomic E-state index is 6.02. The minimum absolute atomic E-state index is 0.230. The molecule has 16 heavy (non-hydrogen) atoms. The number of hydrogen-bond acceptors (Lipinski definition) is 3. The summed E-state index contributed by atoms with van der Waals surface area (Å²) >= 11 is 17.8. The Morgan fingerprint density at radius 1 is 1.25 bits per heavy atom. The van der Waals surface area contributed by atoms with E-state index in [4.69, 9.17) is 46.3 Å². The number of nitrogens with zero attached hydrogens (tertiary/aromatic N) is 1. The predicted molar refractivity (Wildman–Crippen MR) is 69.1 cm³/mol. The van der Waals surface area contributed by atoms with Crippen molar-refractivity contribution in [2.45, 2.75) is 25.3 Å². The fourth-order valence-corrected chi connectivity index (χ4v) is 2.22. The van der Waals surface area contributed by atoms with E-state index in [-0.39, 0.29) is 11.2 Å². The van der Waals surface area contributed by atoms with Gasteiger partial charge < -0.3 is 11.5 Å². The van der Waals surface area contributed by atoms with Crippen LogP contribution < -0.4 is 11.5 Å². The summed E-state index contributed by atoms with van der Waals surface area (Å²) in [6.45, 7) is 0.658. The molecule has 4 N–H and O–H groups in total. The number of unbranched alkanes of at least 4 members (excludes halogenated alkanes) is 1. The number of hydrogen-bond donors (Lipinski definition) is 2. The van der Waals surface area contributed by atoms with E-state index in [9.17, 15) is 0 Å². The smallest absolute Gasteiger partial charge is 0.148 e. The van der Waals surface area contributed by atoms with Crippen molar-refractivity contribution < 1.29 is 0 Å². The second-order valence-electron chi connectivity index (χ2n) is 3.52. The molecule has 3 nitrogen and oxygen atoms in total. The normalized spacial score (nSPS) is 12.8. The fraction of sp³-hybridized carbons (Fsp3) is 0.500. The summed E-state index contributed by atoms with van der Waals surface area (Å²) in [5, 5.41) is 1.03. The molecule has 0 spiro atoms. The molecule has 0 aliphatic rings. The van der Waals surface area contributed by atoms with Crippen LogP contribution in [0, 0.1) is 0 Å². The third kappa shape index (κ3) is 3.47. The molecule has 90 valence electrons. The molecular weight excluding hydrogens is 268 g/mol.